The van der Waals surface area contributed by atoms with Gasteiger partial charge in [-0.25, -0.2) is 9.48 Å². The van der Waals surface area contributed by atoms with E-state index >= 15 is 0 Å². The van der Waals surface area contributed by atoms with Crippen molar-refractivity contribution in [1.82, 2.24) is 24.6 Å². The molecule has 0 radical (unpaired) electrons. The molecule has 0 fully saturated rings. The molecule has 0 bridgehead atoms. The molecule has 0 saturated carbocycles. The summed E-state index contributed by atoms with van der Waals surface area (Å²) in [4.78, 5) is 25.5. The molecule has 0 unspecified atom stereocenters. The summed E-state index contributed by atoms with van der Waals surface area (Å²) in [5.74, 6) is -0.186. The average Bonchev–Trinajstić information content (AvgIpc) is 2.73. The van der Waals surface area contributed by atoms with Crippen molar-refractivity contribution < 1.29 is 4.79 Å². The molecule has 1 N–H and O–H groups in total. The average molecular weight is 279 g/mol. The normalized spacial score (nSPS) is 16.0. The number of carbonyl (C=O) groups excluding carboxylic acids is 1. The van der Waals surface area contributed by atoms with Gasteiger partial charge in [0.15, 0.2) is 0 Å². The third kappa shape index (κ3) is 3.80. The second kappa shape index (κ2) is 6.51. The predicted molar refractivity (Wildman–Crippen MR) is 75.3 cm³/mol. The summed E-state index contributed by atoms with van der Waals surface area (Å²) in [6.45, 7) is 5.52. The molecule has 0 aromatic carbocycles. The molecule has 1 aromatic heterocycles. The Bertz CT molecular complexity index is 557. The first-order valence-electron chi connectivity index (χ1n) is 6.79. The van der Waals surface area contributed by atoms with E-state index in [-0.39, 0.29) is 18.1 Å². The molecule has 1 aromatic rings. The van der Waals surface area contributed by atoms with Crippen molar-refractivity contribution in [3.8, 4) is 0 Å². The Hall–Kier alpha value is -1.89. The Labute approximate surface area is 117 Å². The van der Waals surface area contributed by atoms with Crippen molar-refractivity contribution in [3.63, 3.8) is 0 Å². The minimum absolute atomic E-state index is 0.0291. The highest BCUT2D eigenvalue weighted by Crippen LogP contribution is 2.08. The standard InChI is InChI=1S/C13H21N5O2/c1-11-3-6-17(7-4-11)8-5-14-12(19)9-18-13(20)16(2)10-15-18/h3,10H,4-9H2,1-2H3,(H,14,19). The Morgan fingerprint density at radius 3 is 2.90 bits per heavy atom. The van der Waals surface area contributed by atoms with E-state index in [2.05, 4.69) is 28.3 Å². The van der Waals surface area contributed by atoms with Gasteiger partial charge < -0.3 is 5.32 Å². The predicted octanol–water partition coefficient (Wildman–Crippen LogP) is -0.650. The maximum Gasteiger partial charge on any atom is 0.345 e. The fourth-order valence-corrected chi connectivity index (χ4v) is 2.09. The summed E-state index contributed by atoms with van der Waals surface area (Å²) >= 11 is 0. The summed E-state index contributed by atoms with van der Waals surface area (Å²) < 4.78 is 2.50. The largest absolute Gasteiger partial charge is 0.353 e. The zero-order valence-corrected chi connectivity index (χ0v) is 12.0. The molecule has 2 rings (SSSR count). The van der Waals surface area contributed by atoms with Crippen LogP contribution in [0.5, 0.6) is 0 Å². The fraction of sp³-hybridized carbons (Fsp3) is 0.615. The van der Waals surface area contributed by atoms with Crippen molar-refractivity contribution >= 4 is 5.91 Å². The molecule has 1 aliphatic heterocycles. The lowest BCUT2D eigenvalue weighted by Crippen LogP contribution is -2.39. The van der Waals surface area contributed by atoms with Crippen LogP contribution in [0.1, 0.15) is 13.3 Å². The van der Waals surface area contributed by atoms with E-state index in [1.807, 2.05) is 0 Å². The minimum atomic E-state index is -0.281. The number of rotatable bonds is 5. The second-order valence-corrected chi connectivity index (χ2v) is 5.13. The number of hydrogen-bond acceptors (Lipinski definition) is 4. The van der Waals surface area contributed by atoms with Gasteiger partial charge in [-0.2, -0.15) is 5.10 Å². The summed E-state index contributed by atoms with van der Waals surface area (Å²) in [5, 5.41) is 6.67. The number of hydrogen-bond donors (Lipinski definition) is 1. The molecule has 0 atom stereocenters. The van der Waals surface area contributed by atoms with Crippen LogP contribution in [0.3, 0.4) is 0 Å². The van der Waals surface area contributed by atoms with E-state index in [0.717, 1.165) is 30.7 Å². The quantitative estimate of drug-likeness (QED) is 0.727. The Kier molecular flexibility index (Phi) is 4.73. The van der Waals surface area contributed by atoms with Crippen LogP contribution in [-0.2, 0) is 18.4 Å². The van der Waals surface area contributed by atoms with Crippen LogP contribution in [0.4, 0.5) is 0 Å². The summed E-state index contributed by atoms with van der Waals surface area (Å²) in [6.07, 6.45) is 4.72. The number of aromatic nitrogens is 3. The van der Waals surface area contributed by atoms with Gasteiger partial charge in [-0.1, -0.05) is 11.6 Å². The fourth-order valence-electron chi connectivity index (χ4n) is 2.09. The molecule has 2 heterocycles. The van der Waals surface area contributed by atoms with Gasteiger partial charge >= 0.3 is 5.69 Å². The van der Waals surface area contributed by atoms with Crippen molar-refractivity contribution in [2.24, 2.45) is 7.05 Å². The zero-order chi connectivity index (χ0) is 14.5. The molecule has 0 spiro atoms. The zero-order valence-electron chi connectivity index (χ0n) is 12.0. The first kappa shape index (κ1) is 14.5. The molecular weight excluding hydrogens is 258 g/mol. The number of nitrogens with one attached hydrogen (secondary N) is 1. The maximum atomic E-state index is 11.7. The van der Waals surface area contributed by atoms with Crippen LogP contribution in [0, 0.1) is 0 Å². The molecule has 7 nitrogen and oxygen atoms in total. The van der Waals surface area contributed by atoms with Crippen molar-refractivity contribution in [1.29, 1.82) is 0 Å². The van der Waals surface area contributed by atoms with Gasteiger partial charge in [0.2, 0.25) is 5.91 Å². The lowest BCUT2D eigenvalue weighted by molar-refractivity contribution is -0.121. The SMILES string of the molecule is CC1=CCN(CCNC(=O)Cn2ncn(C)c2=O)CC1. The van der Waals surface area contributed by atoms with Crippen LogP contribution >= 0.6 is 0 Å². The first-order valence-corrected chi connectivity index (χ1v) is 6.79. The summed E-state index contributed by atoms with van der Waals surface area (Å²) in [6, 6.07) is 0. The molecule has 20 heavy (non-hydrogen) atoms. The maximum absolute atomic E-state index is 11.7. The molecule has 110 valence electrons. The highest BCUT2D eigenvalue weighted by Gasteiger charge is 2.10. The number of amides is 1. The molecule has 1 amide bonds. The van der Waals surface area contributed by atoms with E-state index in [1.54, 1.807) is 7.05 Å². The Morgan fingerprint density at radius 2 is 2.30 bits per heavy atom. The van der Waals surface area contributed by atoms with Gasteiger partial charge in [0.1, 0.15) is 12.9 Å². The molecular formula is C13H21N5O2. The van der Waals surface area contributed by atoms with E-state index in [1.165, 1.54) is 16.5 Å². The molecule has 1 aliphatic rings. The van der Waals surface area contributed by atoms with Gasteiger partial charge in [0.25, 0.3) is 0 Å². The molecule has 7 heteroatoms. The Morgan fingerprint density at radius 1 is 1.50 bits per heavy atom. The summed E-state index contributed by atoms with van der Waals surface area (Å²) in [5.41, 5.74) is 1.15. The monoisotopic (exact) mass is 279 g/mol. The van der Waals surface area contributed by atoms with E-state index in [0.29, 0.717) is 6.54 Å². The smallest absolute Gasteiger partial charge is 0.345 e. The number of aryl methyl sites for hydroxylation is 1. The van der Waals surface area contributed by atoms with Gasteiger partial charge in [-0.15, -0.1) is 0 Å². The van der Waals surface area contributed by atoms with Gasteiger partial charge in [-0.3, -0.25) is 14.3 Å². The highest BCUT2D eigenvalue weighted by molar-refractivity contribution is 5.75. The van der Waals surface area contributed by atoms with Crippen LogP contribution in [0.25, 0.3) is 0 Å². The lowest BCUT2D eigenvalue weighted by Gasteiger charge is -2.25. The van der Waals surface area contributed by atoms with Crippen molar-refractivity contribution in [2.75, 3.05) is 26.2 Å². The summed E-state index contributed by atoms with van der Waals surface area (Å²) in [7, 11) is 1.61. The first-order chi connectivity index (χ1) is 9.56. The number of carbonyl (C=O) groups is 1. The van der Waals surface area contributed by atoms with E-state index in [4.69, 9.17) is 0 Å². The highest BCUT2D eigenvalue weighted by atomic mass is 16.2. The topological polar surface area (TPSA) is 72.2 Å². The van der Waals surface area contributed by atoms with Gasteiger partial charge in [-0.05, 0) is 13.3 Å². The van der Waals surface area contributed by atoms with Crippen LogP contribution in [0.15, 0.2) is 22.8 Å². The van der Waals surface area contributed by atoms with Crippen LogP contribution in [0.2, 0.25) is 0 Å². The lowest BCUT2D eigenvalue weighted by atomic mass is 10.1. The minimum Gasteiger partial charge on any atom is -0.353 e. The molecule has 0 aliphatic carbocycles. The van der Waals surface area contributed by atoms with E-state index < -0.39 is 0 Å². The number of nitrogens with zero attached hydrogens (tertiary/aromatic N) is 4. The van der Waals surface area contributed by atoms with Crippen LogP contribution < -0.4 is 11.0 Å². The third-order valence-corrected chi connectivity index (χ3v) is 3.45. The van der Waals surface area contributed by atoms with E-state index in [9.17, 15) is 9.59 Å². The van der Waals surface area contributed by atoms with Crippen molar-refractivity contribution in [3.05, 3.63) is 28.5 Å². The third-order valence-electron chi connectivity index (χ3n) is 3.45. The van der Waals surface area contributed by atoms with Crippen molar-refractivity contribution in [2.45, 2.75) is 19.9 Å². The Balaban J connectivity index is 1.71. The van der Waals surface area contributed by atoms with Crippen LogP contribution in [-0.4, -0.2) is 51.3 Å². The second-order valence-electron chi connectivity index (χ2n) is 5.13. The van der Waals surface area contributed by atoms with Gasteiger partial charge in [0.05, 0.1) is 0 Å². The molecule has 0 saturated heterocycles. The van der Waals surface area contributed by atoms with Gasteiger partial charge in [0, 0.05) is 33.2 Å².